The van der Waals surface area contributed by atoms with E-state index >= 15 is 0 Å². The molecule has 0 atom stereocenters. The van der Waals surface area contributed by atoms with Gasteiger partial charge in [0.15, 0.2) is 0 Å². The van der Waals surface area contributed by atoms with Gasteiger partial charge >= 0.3 is 0 Å². The van der Waals surface area contributed by atoms with E-state index in [1.165, 1.54) is 17.0 Å². The molecule has 1 N–H and O–H groups in total. The quantitative estimate of drug-likeness (QED) is 0.929. The van der Waals surface area contributed by atoms with Gasteiger partial charge in [-0.05, 0) is 25.5 Å². The van der Waals surface area contributed by atoms with Gasteiger partial charge in [-0.2, -0.15) is 0 Å². The Balaban J connectivity index is 2.14. The maximum absolute atomic E-state index is 12.0. The number of aromatic nitrogens is 2. The topological polar surface area (TPSA) is 81.1 Å². The zero-order chi connectivity index (χ0) is 15.6. The summed E-state index contributed by atoms with van der Waals surface area (Å²) < 4.78 is 24.4. The number of carbonyl (C=O) groups excluding carboxylic acids is 1. The van der Waals surface area contributed by atoms with Crippen LogP contribution >= 0.6 is 0 Å². The largest absolute Gasteiger partial charge is 0.324 e. The maximum Gasteiger partial charge on any atom is 0.244 e. The van der Waals surface area contributed by atoms with E-state index in [1.807, 2.05) is 32.0 Å². The van der Waals surface area contributed by atoms with Crippen molar-refractivity contribution in [3.8, 4) is 0 Å². The SMILES string of the molecule is Cc1ccc(NC(=O)Cn2ccnc2S(C)(=O)=O)c(C)c1. The number of hydrogen-bond acceptors (Lipinski definition) is 4. The molecule has 0 unspecified atom stereocenters. The summed E-state index contributed by atoms with van der Waals surface area (Å²) in [5, 5.41) is 2.66. The van der Waals surface area contributed by atoms with Crippen LogP contribution in [0.5, 0.6) is 0 Å². The molecule has 1 aromatic carbocycles. The average Bonchev–Trinajstić information content (AvgIpc) is 2.80. The van der Waals surface area contributed by atoms with Crippen LogP contribution in [0.1, 0.15) is 11.1 Å². The number of hydrogen-bond donors (Lipinski definition) is 1. The van der Waals surface area contributed by atoms with Crippen LogP contribution in [0.3, 0.4) is 0 Å². The minimum absolute atomic E-state index is 0.101. The first-order chi connectivity index (χ1) is 9.77. The normalized spacial score (nSPS) is 11.4. The van der Waals surface area contributed by atoms with Gasteiger partial charge in [-0.1, -0.05) is 17.7 Å². The van der Waals surface area contributed by atoms with Crippen molar-refractivity contribution in [2.45, 2.75) is 25.5 Å². The maximum atomic E-state index is 12.0. The van der Waals surface area contributed by atoms with Crippen LogP contribution in [0, 0.1) is 13.8 Å². The lowest BCUT2D eigenvalue weighted by Crippen LogP contribution is -2.21. The molecule has 0 aliphatic rings. The van der Waals surface area contributed by atoms with E-state index in [4.69, 9.17) is 0 Å². The summed E-state index contributed by atoms with van der Waals surface area (Å²) in [7, 11) is -3.45. The Labute approximate surface area is 123 Å². The highest BCUT2D eigenvalue weighted by molar-refractivity contribution is 7.90. The van der Waals surface area contributed by atoms with E-state index in [0.717, 1.165) is 17.4 Å². The summed E-state index contributed by atoms with van der Waals surface area (Å²) >= 11 is 0. The van der Waals surface area contributed by atoms with Gasteiger partial charge in [-0.25, -0.2) is 13.4 Å². The Morgan fingerprint density at radius 2 is 2.05 bits per heavy atom. The van der Waals surface area contributed by atoms with Crippen molar-refractivity contribution in [2.75, 3.05) is 11.6 Å². The number of sulfone groups is 1. The van der Waals surface area contributed by atoms with Gasteiger partial charge in [0.2, 0.25) is 20.9 Å². The molecule has 7 heteroatoms. The molecular formula is C14H17N3O3S. The number of anilines is 1. The number of imidazole rings is 1. The lowest BCUT2D eigenvalue weighted by Gasteiger charge is -2.10. The Kier molecular flexibility index (Phi) is 4.13. The van der Waals surface area contributed by atoms with Gasteiger partial charge in [0, 0.05) is 24.3 Å². The molecule has 1 aromatic heterocycles. The summed E-state index contributed by atoms with van der Waals surface area (Å²) in [4.78, 5) is 15.8. The molecule has 0 aliphatic heterocycles. The molecule has 2 aromatic rings. The summed E-state index contributed by atoms with van der Waals surface area (Å²) in [6.45, 7) is 3.78. The number of rotatable bonds is 4. The van der Waals surface area contributed by atoms with Gasteiger partial charge in [-0.15, -0.1) is 0 Å². The second kappa shape index (κ2) is 5.69. The van der Waals surface area contributed by atoms with E-state index in [1.54, 1.807) is 0 Å². The van der Waals surface area contributed by atoms with Crippen molar-refractivity contribution in [3.63, 3.8) is 0 Å². The van der Waals surface area contributed by atoms with Crippen LogP contribution in [0.15, 0.2) is 35.7 Å². The molecular weight excluding hydrogens is 290 g/mol. The Morgan fingerprint density at radius 3 is 2.67 bits per heavy atom. The predicted molar refractivity (Wildman–Crippen MR) is 79.9 cm³/mol. The van der Waals surface area contributed by atoms with E-state index in [-0.39, 0.29) is 17.6 Å². The Hall–Kier alpha value is -2.15. The van der Waals surface area contributed by atoms with Gasteiger partial charge < -0.3 is 9.88 Å². The minimum atomic E-state index is -3.45. The van der Waals surface area contributed by atoms with Crippen LogP contribution in [-0.2, 0) is 21.2 Å². The Morgan fingerprint density at radius 1 is 1.33 bits per heavy atom. The molecule has 0 fully saturated rings. The zero-order valence-corrected chi connectivity index (χ0v) is 12.9. The third-order valence-corrected chi connectivity index (χ3v) is 3.98. The monoisotopic (exact) mass is 307 g/mol. The predicted octanol–water partition coefficient (Wildman–Crippen LogP) is 1.54. The molecule has 2 rings (SSSR count). The summed E-state index contributed by atoms with van der Waals surface area (Å²) in [5.74, 6) is -0.301. The molecule has 1 heterocycles. The highest BCUT2D eigenvalue weighted by Crippen LogP contribution is 2.16. The smallest absolute Gasteiger partial charge is 0.244 e. The van der Waals surface area contributed by atoms with Crippen molar-refractivity contribution in [1.82, 2.24) is 9.55 Å². The van der Waals surface area contributed by atoms with E-state index in [2.05, 4.69) is 10.3 Å². The van der Waals surface area contributed by atoms with E-state index < -0.39 is 9.84 Å². The first-order valence-electron chi connectivity index (χ1n) is 6.35. The van der Waals surface area contributed by atoms with Crippen LogP contribution < -0.4 is 5.32 Å². The molecule has 0 aliphatic carbocycles. The molecule has 6 nitrogen and oxygen atoms in total. The minimum Gasteiger partial charge on any atom is -0.324 e. The Bertz CT molecular complexity index is 779. The molecule has 112 valence electrons. The van der Waals surface area contributed by atoms with Crippen LogP contribution in [0.2, 0.25) is 0 Å². The fraction of sp³-hybridized carbons (Fsp3) is 0.286. The van der Waals surface area contributed by atoms with Crippen molar-refractivity contribution in [2.24, 2.45) is 0 Å². The summed E-state index contributed by atoms with van der Waals surface area (Å²) in [5.41, 5.74) is 2.78. The number of nitrogens with one attached hydrogen (secondary N) is 1. The standard InChI is InChI=1S/C14H17N3O3S/c1-10-4-5-12(11(2)8-10)16-13(18)9-17-7-6-15-14(17)21(3,19)20/h4-8H,9H2,1-3H3,(H,16,18). The second-order valence-electron chi connectivity index (χ2n) is 4.98. The fourth-order valence-electron chi connectivity index (χ4n) is 2.04. The molecule has 0 saturated carbocycles. The van der Waals surface area contributed by atoms with E-state index in [9.17, 15) is 13.2 Å². The molecule has 0 saturated heterocycles. The first kappa shape index (κ1) is 15.2. The molecule has 1 amide bonds. The van der Waals surface area contributed by atoms with Crippen molar-refractivity contribution >= 4 is 21.4 Å². The van der Waals surface area contributed by atoms with Crippen LogP contribution in [0.4, 0.5) is 5.69 Å². The third-order valence-electron chi connectivity index (χ3n) is 2.98. The molecule has 0 radical (unpaired) electrons. The molecule has 0 bridgehead atoms. The fourth-order valence-corrected chi connectivity index (χ4v) is 2.85. The van der Waals surface area contributed by atoms with Crippen LogP contribution in [-0.4, -0.2) is 30.1 Å². The second-order valence-corrected chi connectivity index (χ2v) is 6.89. The zero-order valence-electron chi connectivity index (χ0n) is 12.1. The number of nitrogens with zero attached hydrogens (tertiary/aromatic N) is 2. The number of aryl methyl sites for hydroxylation is 2. The average molecular weight is 307 g/mol. The molecule has 21 heavy (non-hydrogen) atoms. The number of benzene rings is 1. The number of carbonyl (C=O) groups is 1. The lowest BCUT2D eigenvalue weighted by molar-refractivity contribution is -0.116. The van der Waals surface area contributed by atoms with Crippen LogP contribution in [0.25, 0.3) is 0 Å². The summed E-state index contributed by atoms with van der Waals surface area (Å²) in [6, 6.07) is 5.70. The van der Waals surface area contributed by atoms with Crippen molar-refractivity contribution in [3.05, 3.63) is 41.7 Å². The first-order valence-corrected chi connectivity index (χ1v) is 8.25. The van der Waals surface area contributed by atoms with E-state index in [0.29, 0.717) is 5.69 Å². The molecule has 0 spiro atoms. The van der Waals surface area contributed by atoms with Gasteiger partial charge in [0.1, 0.15) is 6.54 Å². The van der Waals surface area contributed by atoms with Gasteiger partial charge in [-0.3, -0.25) is 4.79 Å². The van der Waals surface area contributed by atoms with Gasteiger partial charge in [0.25, 0.3) is 0 Å². The van der Waals surface area contributed by atoms with Crippen molar-refractivity contribution < 1.29 is 13.2 Å². The third kappa shape index (κ3) is 3.69. The highest BCUT2D eigenvalue weighted by Gasteiger charge is 2.16. The van der Waals surface area contributed by atoms with Crippen molar-refractivity contribution in [1.29, 1.82) is 0 Å². The van der Waals surface area contributed by atoms with Gasteiger partial charge in [0.05, 0.1) is 0 Å². The lowest BCUT2D eigenvalue weighted by atomic mass is 10.1. The summed E-state index contributed by atoms with van der Waals surface area (Å²) in [6.07, 6.45) is 3.90. The number of amides is 1. The highest BCUT2D eigenvalue weighted by atomic mass is 32.2.